The normalized spacial score (nSPS) is 10.8. The van der Waals surface area contributed by atoms with Crippen LogP contribution in [0.5, 0.6) is 0 Å². The Balaban J connectivity index is 1.52. The number of pyridine rings is 1. The molecule has 0 atom stereocenters. The Morgan fingerprint density at radius 2 is 2.09 bits per heavy atom. The summed E-state index contributed by atoms with van der Waals surface area (Å²) >= 11 is 5.77. The quantitative estimate of drug-likeness (QED) is 0.582. The van der Waals surface area contributed by atoms with Gasteiger partial charge in [-0.1, -0.05) is 23.7 Å². The van der Waals surface area contributed by atoms with Crippen LogP contribution in [0.4, 0.5) is 0 Å². The minimum atomic E-state index is -0.139. The van der Waals surface area contributed by atoms with E-state index in [9.17, 15) is 4.79 Å². The van der Waals surface area contributed by atoms with Gasteiger partial charge in [-0.15, -0.1) is 0 Å². The summed E-state index contributed by atoms with van der Waals surface area (Å²) in [6, 6.07) is 11.2. The van der Waals surface area contributed by atoms with Crippen LogP contribution in [0.3, 0.4) is 0 Å². The molecule has 0 unspecified atom stereocenters. The number of nitrogens with zero attached hydrogens (tertiary/aromatic N) is 3. The lowest BCUT2D eigenvalue weighted by Crippen LogP contribution is -2.25. The molecule has 1 aromatic carbocycles. The van der Waals surface area contributed by atoms with Crippen LogP contribution in [-0.4, -0.2) is 27.0 Å². The van der Waals surface area contributed by atoms with E-state index in [0.717, 1.165) is 24.0 Å². The van der Waals surface area contributed by atoms with Crippen molar-refractivity contribution in [2.24, 2.45) is 0 Å². The molecule has 0 aliphatic heterocycles. The summed E-state index contributed by atoms with van der Waals surface area (Å²) < 4.78 is 2.09. The third-order valence-corrected chi connectivity index (χ3v) is 3.58. The highest BCUT2D eigenvalue weighted by Crippen LogP contribution is 2.12. The zero-order valence-electron chi connectivity index (χ0n) is 11.9. The number of imidazole rings is 1. The molecule has 0 saturated heterocycles. The van der Waals surface area contributed by atoms with Gasteiger partial charge in [-0.25, -0.2) is 9.97 Å². The Hall–Kier alpha value is -2.40. The van der Waals surface area contributed by atoms with Crippen LogP contribution in [0.2, 0.25) is 5.15 Å². The van der Waals surface area contributed by atoms with E-state index < -0.39 is 0 Å². The van der Waals surface area contributed by atoms with Gasteiger partial charge < -0.3 is 9.88 Å². The van der Waals surface area contributed by atoms with Gasteiger partial charge in [0.2, 0.25) is 0 Å². The van der Waals surface area contributed by atoms with Crippen molar-refractivity contribution in [3.8, 4) is 0 Å². The number of hydrogen-bond donors (Lipinski definition) is 1. The molecule has 0 aliphatic carbocycles. The number of nitrogens with one attached hydrogen (secondary N) is 1. The van der Waals surface area contributed by atoms with Crippen LogP contribution in [-0.2, 0) is 6.54 Å². The second-order valence-electron chi connectivity index (χ2n) is 4.90. The second kappa shape index (κ2) is 6.58. The Morgan fingerprint density at radius 1 is 1.23 bits per heavy atom. The number of hydrogen-bond acceptors (Lipinski definition) is 3. The molecule has 0 fully saturated rings. The maximum absolute atomic E-state index is 12.0. The summed E-state index contributed by atoms with van der Waals surface area (Å²) in [6.45, 7) is 1.39. The summed E-state index contributed by atoms with van der Waals surface area (Å²) in [7, 11) is 0. The van der Waals surface area contributed by atoms with E-state index in [1.54, 1.807) is 12.1 Å². The Kier molecular flexibility index (Phi) is 4.34. The summed E-state index contributed by atoms with van der Waals surface area (Å²) in [5, 5.41) is 3.19. The fourth-order valence-electron chi connectivity index (χ4n) is 2.29. The van der Waals surface area contributed by atoms with Crippen LogP contribution in [0.1, 0.15) is 16.8 Å². The number of aryl methyl sites for hydroxylation is 1. The first kappa shape index (κ1) is 14.5. The monoisotopic (exact) mass is 314 g/mol. The van der Waals surface area contributed by atoms with Crippen LogP contribution in [0.25, 0.3) is 11.0 Å². The molecule has 22 heavy (non-hydrogen) atoms. The summed E-state index contributed by atoms with van der Waals surface area (Å²) in [5.74, 6) is -0.139. The number of para-hydroxylation sites is 2. The molecule has 0 aliphatic rings. The number of halogens is 1. The smallest absolute Gasteiger partial charge is 0.251 e. The summed E-state index contributed by atoms with van der Waals surface area (Å²) in [5.41, 5.74) is 2.61. The highest BCUT2D eigenvalue weighted by atomic mass is 35.5. The van der Waals surface area contributed by atoms with Crippen LogP contribution < -0.4 is 5.32 Å². The van der Waals surface area contributed by atoms with Gasteiger partial charge >= 0.3 is 0 Å². The number of benzene rings is 1. The van der Waals surface area contributed by atoms with E-state index in [4.69, 9.17) is 11.6 Å². The SMILES string of the molecule is O=C(NCCCn1cnc2ccccc21)c1ccnc(Cl)c1. The molecule has 6 heteroatoms. The molecule has 5 nitrogen and oxygen atoms in total. The average Bonchev–Trinajstić information content (AvgIpc) is 2.95. The molecule has 3 aromatic rings. The molecule has 3 rings (SSSR count). The van der Waals surface area contributed by atoms with Crippen molar-refractivity contribution in [1.29, 1.82) is 0 Å². The van der Waals surface area contributed by atoms with Gasteiger partial charge in [0.1, 0.15) is 5.15 Å². The summed E-state index contributed by atoms with van der Waals surface area (Å²) in [6.07, 6.45) is 4.18. The minimum absolute atomic E-state index is 0.139. The second-order valence-corrected chi connectivity index (χ2v) is 5.29. The highest BCUT2D eigenvalue weighted by molar-refractivity contribution is 6.29. The van der Waals surface area contributed by atoms with Gasteiger partial charge in [0, 0.05) is 24.8 Å². The third kappa shape index (κ3) is 3.26. The predicted molar refractivity (Wildman–Crippen MR) is 85.9 cm³/mol. The van der Waals surface area contributed by atoms with E-state index in [2.05, 4.69) is 19.9 Å². The first-order valence-corrected chi connectivity index (χ1v) is 7.41. The number of carbonyl (C=O) groups is 1. The van der Waals surface area contributed by atoms with Crippen molar-refractivity contribution >= 4 is 28.5 Å². The molecule has 1 amide bonds. The predicted octanol–water partition coefficient (Wildman–Crippen LogP) is 2.90. The van der Waals surface area contributed by atoms with E-state index >= 15 is 0 Å². The van der Waals surface area contributed by atoms with Crippen molar-refractivity contribution in [2.75, 3.05) is 6.54 Å². The molecule has 2 aromatic heterocycles. The minimum Gasteiger partial charge on any atom is -0.352 e. The lowest BCUT2D eigenvalue weighted by atomic mass is 10.2. The van der Waals surface area contributed by atoms with E-state index in [0.29, 0.717) is 17.3 Å². The Bertz CT molecular complexity index is 799. The van der Waals surface area contributed by atoms with E-state index in [1.807, 2.05) is 30.6 Å². The van der Waals surface area contributed by atoms with Crippen molar-refractivity contribution in [1.82, 2.24) is 19.9 Å². The number of carbonyl (C=O) groups excluding carboxylic acids is 1. The standard InChI is InChI=1S/C16H15ClN4O/c17-15-10-12(6-8-18-15)16(22)19-7-3-9-21-11-20-13-4-1-2-5-14(13)21/h1-2,4-6,8,10-11H,3,7,9H2,(H,19,22). The van der Waals surface area contributed by atoms with Gasteiger partial charge in [-0.2, -0.15) is 0 Å². The fraction of sp³-hybridized carbons (Fsp3) is 0.188. The fourth-order valence-corrected chi connectivity index (χ4v) is 2.46. The maximum atomic E-state index is 12.0. The van der Waals surface area contributed by atoms with Gasteiger partial charge in [0.05, 0.1) is 17.4 Å². The average molecular weight is 315 g/mol. The van der Waals surface area contributed by atoms with Gasteiger partial charge in [0.15, 0.2) is 0 Å². The molecule has 0 radical (unpaired) electrons. The third-order valence-electron chi connectivity index (χ3n) is 3.38. The van der Waals surface area contributed by atoms with Crippen LogP contribution >= 0.6 is 11.6 Å². The maximum Gasteiger partial charge on any atom is 0.251 e. The first-order chi connectivity index (χ1) is 10.7. The molecule has 0 bridgehead atoms. The number of amides is 1. The van der Waals surface area contributed by atoms with Gasteiger partial charge in [-0.05, 0) is 30.7 Å². The molecular weight excluding hydrogens is 300 g/mol. The lowest BCUT2D eigenvalue weighted by molar-refractivity contribution is 0.0952. The zero-order valence-corrected chi connectivity index (χ0v) is 12.6. The number of rotatable bonds is 5. The molecule has 0 saturated carbocycles. The van der Waals surface area contributed by atoms with E-state index in [1.165, 1.54) is 6.20 Å². The number of fused-ring (bicyclic) bond motifs is 1. The topological polar surface area (TPSA) is 59.8 Å². The molecule has 1 N–H and O–H groups in total. The van der Waals surface area contributed by atoms with E-state index in [-0.39, 0.29) is 5.91 Å². The molecular formula is C16H15ClN4O. The molecule has 2 heterocycles. The van der Waals surface area contributed by atoms with Crippen molar-refractivity contribution in [3.63, 3.8) is 0 Å². The summed E-state index contributed by atoms with van der Waals surface area (Å²) in [4.78, 5) is 20.2. The van der Waals surface area contributed by atoms with Crippen LogP contribution in [0, 0.1) is 0 Å². The number of aromatic nitrogens is 3. The Morgan fingerprint density at radius 3 is 2.95 bits per heavy atom. The molecule has 112 valence electrons. The Labute approximate surface area is 133 Å². The highest BCUT2D eigenvalue weighted by Gasteiger charge is 2.06. The largest absolute Gasteiger partial charge is 0.352 e. The van der Waals surface area contributed by atoms with Crippen LogP contribution in [0.15, 0.2) is 48.9 Å². The lowest BCUT2D eigenvalue weighted by Gasteiger charge is -2.07. The van der Waals surface area contributed by atoms with Crippen molar-refractivity contribution < 1.29 is 4.79 Å². The first-order valence-electron chi connectivity index (χ1n) is 7.04. The van der Waals surface area contributed by atoms with Crippen molar-refractivity contribution in [2.45, 2.75) is 13.0 Å². The van der Waals surface area contributed by atoms with Crippen molar-refractivity contribution in [3.05, 3.63) is 59.6 Å². The van der Waals surface area contributed by atoms with Gasteiger partial charge in [0.25, 0.3) is 5.91 Å². The van der Waals surface area contributed by atoms with Gasteiger partial charge in [-0.3, -0.25) is 4.79 Å². The molecule has 0 spiro atoms. The zero-order chi connectivity index (χ0) is 15.4.